The summed E-state index contributed by atoms with van der Waals surface area (Å²) in [4.78, 5) is 38.2. The summed E-state index contributed by atoms with van der Waals surface area (Å²) < 4.78 is 26.8. The minimum atomic E-state index is -3.79. The summed E-state index contributed by atoms with van der Waals surface area (Å²) in [5.41, 5.74) is -0.180. The van der Waals surface area contributed by atoms with Crippen LogP contribution in [-0.2, 0) is 19.6 Å². The zero-order valence-corrected chi connectivity index (χ0v) is 17.2. The van der Waals surface area contributed by atoms with Gasteiger partial charge in [0.2, 0.25) is 21.8 Å². The van der Waals surface area contributed by atoms with E-state index in [1.54, 1.807) is 9.80 Å². The Morgan fingerprint density at radius 2 is 1.72 bits per heavy atom. The normalized spacial score (nSPS) is 21.1. The molecule has 2 fully saturated rings. The third-order valence-electron chi connectivity index (χ3n) is 5.37. The monoisotopic (exact) mass is 424 g/mol. The van der Waals surface area contributed by atoms with E-state index in [0.29, 0.717) is 6.54 Å². The number of piperazine rings is 1. The van der Waals surface area contributed by atoms with Crippen LogP contribution in [0, 0.1) is 16.0 Å². The molecular formula is C18H24N4O6S. The molecule has 0 radical (unpaired) electrons. The van der Waals surface area contributed by atoms with Crippen molar-refractivity contribution in [3.8, 4) is 0 Å². The van der Waals surface area contributed by atoms with Crippen LogP contribution in [0.2, 0.25) is 0 Å². The lowest BCUT2D eigenvalue weighted by molar-refractivity contribution is -0.384. The zero-order valence-electron chi connectivity index (χ0n) is 16.4. The highest BCUT2D eigenvalue weighted by Gasteiger charge is 2.39. The Bertz CT molecular complexity index is 907. The molecule has 2 amide bonds. The summed E-state index contributed by atoms with van der Waals surface area (Å²) in [6.45, 7) is 4.99. The largest absolute Gasteiger partial charge is 0.340 e. The predicted molar refractivity (Wildman–Crippen MR) is 103 cm³/mol. The molecule has 1 unspecified atom stereocenters. The third kappa shape index (κ3) is 4.25. The molecule has 0 aliphatic carbocycles. The first kappa shape index (κ1) is 21.2. The van der Waals surface area contributed by atoms with Gasteiger partial charge in [0, 0.05) is 57.3 Å². The number of likely N-dealkylation sites (tertiary alicyclic amines) is 1. The van der Waals surface area contributed by atoms with Crippen molar-refractivity contribution < 1.29 is 22.9 Å². The second-order valence-electron chi connectivity index (χ2n) is 7.52. The molecular weight excluding hydrogens is 400 g/mol. The molecule has 0 N–H and O–H groups in total. The number of sulfonamides is 1. The highest BCUT2D eigenvalue weighted by atomic mass is 32.2. The van der Waals surface area contributed by atoms with E-state index in [1.807, 2.05) is 13.8 Å². The Kier molecular flexibility index (Phi) is 5.90. The molecule has 1 aromatic rings. The number of carbonyl (C=O) groups excluding carboxylic acids is 2. The van der Waals surface area contributed by atoms with Gasteiger partial charge in [-0.1, -0.05) is 0 Å². The quantitative estimate of drug-likeness (QED) is 0.506. The fraction of sp³-hybridized carbons (Fsp3) is 0.556. The van der Waals surface area contributed by atoms with Crippen LogP contribution in [0.4, 0.5) is 5.69 Å². The van der Waals surface area contributed by atoms with Gasteiger partial charge < -0.3 is 9.80 Å². The van der Waals surface area contributed by atoms with E-state index in [9.17, 15) is 28.1 Å². The molecule has 11 heteroatoms. The third-order valence-corrected chi connectivity index (χ3v) is 7.28. The first-order valence-electron chi connectivity index (χ1n) is 9.44. The van der Waals surface area contributed by atoms with Gasteiger partial charge in [-0.05, 0) is 26.0 Å². The Labute approximate surface area is 169 Å². The molecule has 2 saturated heterocycles. The topological polar surface area (TPSA) is 121 Å². The van der Waals surface area contributed by atoms with Crippen LogP contribution in [0.3, 0.4) is 0 Å². The van der Waals surface area contributed by atoms with Gasteiger partial charge in [0.1, 0.15) is 0 Å². The fourth-order valence-corrected chi connectivity index (χ4v) is 5.11. The van der Waals surface area contributed by atoms with E-state index in [-0.39, 0.29) is 67.0 Å². The minimum Gasteiger partial charge on any atom is -0.340 e. The first-order valence-corrected chi connectivity index (χ1v) is 10.9. The Balaban J connectivity index is 1.62. The smallest absolute Gasteiger partial charge is 0.269 e. The van der Waals surface area contributed by atoms with E-state index in [2.05, 4.69) is 0 Å². The molecule has 0 bridgehead atoms. The summed E-state index contributed by atoms with van der Waals surface area (Å²) in [5.74, 6) is -0.533. The number of nitro benzene ring substituents is 1. The lowest BCUT2D eigenvalue weighted by Gasteiger charge is -2.35. The highest BCUT2D eigenvalue weighted by molar-refractivity contribution is 7.89. The highest BCUT2D eigenvalue weighted by Crippen LogP contribution is 2.24. The van der Waals surface area contributed by atoms with E-state index in [4.69, 9.17) is 0 Å². The van der Waals surface area contributed by atoms with Crippen molar-refractivity contribution in [2.24, 2.45) is 5.92 Å². The molecule has 1 aromatic carbocycles. The van der Waals surface area contributed by atoms with Crippen LogP contribution in [0.1, 0.15) is 20.3 Å². The Hall–Kier alpha value is -2.53. The van der Waals surface area contributed by atoms with Gasteiger partial charge in [0.25, 0.3) is 5.69 Å². The van der Waals surface area contributed by atoms with Gasteiger partial charge in [0.15, 0.2) is 0 Å². The molecule has 10 nitrogen and oxygen atoms in total. The fourth-order valence-electron chi connectivity index (χ4n) is 3.69. The summed E-state index contributed by atoms with van der Waals surface area (Å²) in [6.07, 6.45) is 0.193. The van der Waals surface area contributed by atoms with E-state index in [1.165, 1.54) is 16.4 Å². The van der Waals surface area contributed by atoms with Crippen LogP contribution >= 0.6 is 0 Å². The van der Waals surface area contributed by atoms with E-state index >= 15 is 0 Å². The average Bonchev–Trinajstić information content (AvgIpc) is 3.09. The molecule has 2 aliphatic rings. The summed E-state index contributed by atoms with van der Waals surface area (Å²) in [6, 6.07) is 4.80. The number of nitro groups is 1. The molecule has 29 heavy (non-hydrogen) atoms. The zero-order chi connectivity index (χ0) is 21.3. The SMILES string of the molecule is CC(C)N1CC(C(=O)N2CCN(S(=O)(=O)c3ccc([N+](=O)[O-])cc3)CC2)CC1=O. The van der Waals surface area contributed by atoms with Crippen molar-refractivity contribution in [1.82, 2.24) is 14.1 Å². The number of amides is 2. The maximum absolute atomic E-state index is 12.8. The van der Waals surface area contributed by atoms with Crippen LogP contribution < -0.4 is 0 Å². The standard InChI is InChI=1S/C18H24N4O6S/c1-13(2)21-12-14(11-17(21)23)18(24)19-7-9-20(10-8-19)29(27,28)16-5-3-15(4-6-16)22(25)26/h3-6,13-14H,7-12H2,1-2H3. The molecule has 1 atom stereocenters. The number of hydrogen-bond acceptors (Lipinski definition) is 6. The molecule has 0 saturated carbocycles. The molecule has 2 aliphatic heterocycles. The molecule has 158 valence electrons. The van der Waals surface area contributed by atoms with Gasteiger partial charge >= 0.3 is 0 Å². The van der Waals surface area contributed by atoms with E-state index < -0.39 is 14.9 Å². The lowest BCUT2D eigenvalue weighted by Crippen LogP contribution is -2.52. The molecule has 3 rings (SSSR count). The van der Waals surface area contributed by atoms with Crippen molar-refractivity contribution in [3.63, 3.8) is 0 Å². The number of hydrogen-bond donors (Lipinski definition) is 0. The summed E-state index contributed by atoms with van der Waals surface area (Å²) in [5, 5.41) is 10.7. The van der Waals surface area contributed by atoms with Crippen LogP contribution in [0.5, 0.6) is 0 Å². The van der Waals surface area contributed by atoms with Gasteiger partial charge in [-0.25, -0.2) is 8.42 Å². The van der Waals surface area contributed by atoms with E-state index in [0.717, 1.165) is 12.1 Å². The number of rotatable bonds is 5. The van der Waals surface area contributed by atoms with Gasteiger partial charge in [-0.15, -0.1) is 0 Å². The first-order chi connectivity index (χ1) is 13.6. The van der Waals surface area contributed by atoms with Crippen molar-refractivity contribution in [1.29, 1.82) is 0 Å². The minimum absolute atomic E-state index is 0.0168. The van der Waals surface area contributed by atoms with Gasteiger partial charge in [0.05, 0.1) is 15.7 Å². The van der Waals surface area contributed by atoms with Crippen molar-refractivity contribution >= 4 is 27.5 Å². The summed E-state index contributed by atoms with van der Waals surface area (Å²) in [7, 11) is -3.79. The van der Waals surface area contributed by atoms with Crippen molar-refractivity contribution in [3.05, 3.63) is 34.4 Å². The van der Waals surface area contributed by atoms with Crippen LogP contribution in [0.25, 0.3) is 0 Å². The second kappa shape index (κ2) is 8.07. The average molecular weight is 424 g/mol. The number of carbonyl (C=O) groups is 2. The number of nitrogens with zero attached hydrogens (tertiary/aromatic N) is 4. The Morgan fingerprint density at radius 3 is 2.21 bits per heavy atom. The van der Waals surface area contributed by atoms with Crippen molar-refractivity contribution in [2.45, 2.75) is 31.2 Å². The maximum atomic E-state index is 12.8. The number of non-ortho nitro benzene ring substituents is 1. The van der Waals surface area contributed by atoms with Crippen LogP contribution in [-0.4, -0.2) is 78.0 Å². The van der Waals surface area contributed by atoms with Gasteiger partial charge in [-0.3, -0.25) is 19.7 Å². The lowest BCUT2D eigenvalue weighted by atomic mass is 10.1. The summed E-state index contributed by atoms with van der Waals surface area (Å²) >= 11 is 0. The number of benzene rings is 1. The maximum Gasteiger partial charge on any atom is 0.269 e. The predicted octanol–water partition coefficient (Wildman–Crippen LogP) is 0.685. The van der Waals surface area contributed by atoms with Crippen molar-refractivity contribution in [2.75, 3.05) is 32.7 Å². The second-order valence-corrected chi connectivity index (χ2v) is 9.46. The van der Waals surface area contributed by atoms with Gasteiger partial charge in [-0.2, -0.15) is 4.31 Å². The Morgan fingerprint density at radius 1 is 1.14 bits per heavy atom. The van der Waals surface area contributed by atoms with Crippen LogP contribution in [0.15, 0.2) is 29.2 Å². The molecule has 0 spiro atoms. The molecule has 0 aromatic heterocycles. The molecule has 2 heterocycles.